The van der Waals surface area contributed by atoms with Gasteiger partial charge in [-0.15, -0.1) is 0 Å². The number of rotatable bonds is 9. The second-order valence-corrected chi connectivity index (χ2v) is 18.8. The maximum Gasteiger partial charge on any atom is 0.319 e. The Kier molecular flexibility index (Phi) is 14.7. The van der Waals surface area contributed by atoms with Gasteiger partial charge in [-0.05, 0) is 80.1 Å². The van der Waals surface area contributed by atoms with Gasteiger partial charge < -0.3 is 29.0 Å². The van der Waals surface area contributed by atoms with Crippen molar-refractivity contribution in [1.29, 1.82) is 0 Å². The molecule has 13 nitrogen and oxygen atoms in total. The first-order chi connectivity index (χ1) is 24.7. The third-order valence-corrected chi connectivity index (χ3v) is 13.6. The Morgan fingerprint density at radius 3 is 2.21 bits per heavy atom. The lowest BCUT2D eigenvalue weighted by Gasteiger charge is -2.47. The van der Waals surface area contributed by atoms with Crippen LogP contribution in [0.15, 0.2) is 30.3 Å². The summed E-state index contributed by atoms with van der Waals surface area (Å²) >= 11 is 0. The molecule has 0 bridgehead atoms. The summed E-state index contributed by atoms with van der Waals surface area (Å²) < 4.78 is 53.3. The molecule has 0 amide bonds. The molecule has 14 heteroatoms. The molecule has 3 fully saturated rings. The number of hydrogen-bond acceptors (Lipinski definition) is 12. The van der Waals surface area contributed by atoms with Crippen LogP contribution in [0.5, 0.6) is 0 Å². The van der Waals surface area contributed by atoms with Crippen molar-refractivity contribution in [2.45, 2.75) is 115 Å². The largest absolute Gasteiger partial charge is 0.460 e. The third kappa shape index (κ3) is 10.4. The van der Waals surface area contributed by atoms with E-state index < -0.39 is 57.5 Å². The number of Topliss-reactive ketones (excluding diaryl/α,β-unsaturated/α-hetero) is 1. The minimum atomic E-state index is -3.47. The van der Waals surface area contributed by atoms with Gasteiger partial charge in [-0.25, -0.2) is 8.42 Å². The van der Waals surface area contributed by atoms with Crippen LogP contribution >= 0.6 is 0 Å². The number of nitrogens with zero attached hydrogens (tertiary/aromatic N) is 4. The van der Waals surface area contributed by atoms with Crippen LogP contribution in [0, 0.1) is 17.3 Å². The van der Waals surface area contributed by atoms with Crippen molar-refractivity contribution in [2.75, 3.05) is 67.5 Å². The fraction of sp³-hybridized carbons (Fsp3) is 0.795. The van der Waals surface area contributed by atoms with Gasteiger partial charge in [0.25, 0.3) is 0 Å². The summed E-state index contributed by atoms with van der Waals surface area (Å²) in [5.74, 6) is -1.79. The summed E-state index contributed by atoms with van der Waals surface area (Å²) in [4.78, 5) is 34.8. The predicted octanol–water partition coefficient (Wildman–Crippen LogP) is 2.85. The lowest BCUT2D eigenvalue weighted by atomic mass is 9.74. The fourth-order valence-corrected chi connectivity index (χ4v) is 9.98. The Hall–Kier alpha value is -2.01. The maximum atomic E-state index is 14.4. The van der Waals surface area contributed by atoms with Gasteiger partial charge in [0.15, 0.2) is 12.1 Å². The van der Waals surface area contributed by atoms with Crippen LogP contribution in [-0.2, 0) is 44.3 Å². The van der Waals surface area contributed by atoms with E-state index in [9.17, 15) is 23.1 Å². The van der Waals surface area contributed by atoms with E-state index in [1.165, 1.54) is 0 Å². The van der Waals surface area contributed by atoms with E-state index in [2.05, 4.69) is 16.7 Å². The Morgan fingerprint density at radius 2 is 1.62 bits per heavy atom. The van der Waals surface area contributed by atoms with E-state index in [-0.39, 0.29) is 35.6 Å². The van der Waals surface area contributed by atoms with Crippen LogP contribution in [0.1, 0.15) is 66.9 Å². The van der Waals surface area contributed by atoms with E-state index in [4.69, 9.17) is 18.9 Å². The second-order valence-electron chi connectivity index (χ2n) is 16.8. The zero-order chi connectivity index (χ0) is 39.5. The van der Waals surface area contributed by atoms with Gasteiger partial charge in [-0.2, -0.15) is 4.31 Å². The lowest BCUT2D eigenvalue weighted by molar-refractivity contribution is -0.295. The number of ketones is 1. The first-order valence-corrected chi connectivity index (χ1v) is 20.7. The maximum absolute atomic E-state index is 14.4. The molecule has 3 aliphatic rings. The number of hydrogen-bond donors (Lipinski definition) is 1. The number of piperazine rings is 1. The highest BCUT2D eigenvalue weighted by Crippen LogP contribution is 2.38. The van der Waals surface area contributed by atoms with Crippen LogP contribution < -0.4 is 0 Å². The van der Waals surface area contributed by atoms with Crippen LogP contribution in [0.4, 0.5) is 0 Å². The quantitative estimate of drug-likeness (QED) is 0.292. The number of carbonyl (C=O) groups excluding carboxylic acids is 2. The molecule has 0 saturated carbocycles. The van der Waals surface area contributed by atoms with Crippen molar-refractivity contribution < 1.29 is 42.1 Å². The summed E-state index contributed by atoms with van der Waals surface area (Å²) in [5, 5.41) is 11.4. The number of cyclic esters (lactones) is 1. The highest BCUT2D eigenvalue weighted by Gasteiger charge is 2.52. The first kappa shape index (κ1) is 43.7. The van der Waals surface area contributed by atoms with Crippen molar-refractivity contribution >= 4 is 21.8 Å². The van der Waals surface area contributed by atoms with Crippen molar-refractivity contribution in [1.82, 2.24) is 19.0 Å². The standard InChI is InChI=1S/C39H66N4O9S/c1-26-22-39(7,49-11)35(52-36-33(44)31(40(8)9)21-27(2)50-36)28(3)34(45)38(5,6)37(46)51-29(4)32(41(10)23-26)24-42-17-19-43(20-18-42)53(47,48)25-30-15-13-12-14-16-30/h12-16,26-29,31-33,35-36,44H,17-25H2,1-11H3/t26-,27-,28+,29+,31+,32+,33-,35-,36+,39-/m1/s1. The van der Waals surface area contributed by atoms with Gasteiger partial charge >= 0.3 is 5.97 Å². The number of ether oxygens (including phenoxy) is 4. The van der Waals surface area contributed by atoms with E-state index in [0.29, 0.717) is 52.1 Å². The number of esters is 1. The SMILES string of the molecule is CO[C@]1(C)C[C@@H](C)CN(C)[C@@H](CN2CCN(S(=O)(=O)Cc3ccccc3)CC2)[C@H](C)OC(=O)C(C)(C)C(=O)[C@H](C)[C@H]1O[C@@H]1O[C@H](C)C[C@H](N(C)C)[C@H]1O. The van der Waals surface area contributed by atoms with Gasteiger partial charge in [-0.1, -0.05) is 44.2 Å². The number of aliphatic hydroxyl groups excluding tert-OH is 1. The summed E-state index contributed by atoms with van der Waals surface area (Å²) in [6.07, 6.45) is -2.47. The number of carbonyl (C=O) groups is 2. The van der Waals surface area contributed by atoms with Crippen LogP contribution in [-0.4, -0.2) is 160 Å². The number of sulfonamides is 1. The molecule has 10 atom stereocenters. The topological polar surface area (TPSA) is 138 Å². The van der Waals surface area contributed by atoms with Crippen LogP contribution in [0.25, 0.3) is 0 Å². The molecule has 0 radical (unpaired) electrons. The highest BCUT2D eigenvalue weighted by atomic mass is 32.2. The Bertz CT molecular complexity index is 1470. The molecule has 4 rings (SSSR count). The van der Waals surface area contributed by atoms with E-state index in [0.717, 1.165) is 5.56 Å². The molecular weight excluding hydrogens is 701 g/mol. The molecule has 302 valence electrons. The molecule has 3 aliphatic heterocycles. The van der Waals surface area contributed by atoms with Crippen molar-refractivity contribution in [3.63, 3.8) is 0 Å². The zero-order valence-electron chi connectivity index (χ0n) is 33.9. The molecule has 0 unspecified atom stereocenters. The molecule has 53 heavy (non-hydrogen) atoms. The van der Waals surface area contributed by atoms with Crippen LogP contribution in [0.2, 0.25) is 0 Å². The predicted molar refractivity (Wildman–Crippen MR) is 204 cm³/mol. The van der Waals surface area contributed by atoms with Gasteiger partial charge in [0.1, 0.15) is 17.6 Å². The van der Waals surface area contributed by atoms with Crippen molar-refractivity contribution in [3.8, 4) is 0 Å². The average molecular weight is 767 g/mol. The first-order valence-electron chi connectivity index (χ1n) is 19.1. The van der Waals surface area contributed by atoms with E-state index in [1.807, 2.05) is 77.1 Å². The number of likely N-dealkylation sites (N-methyl/N-ethyl adjacent to an activating group) is 2. The molecule has 0 spiro atoms. The zero-order valence-corrected chi connectivity index (χ0v) is 34.7. The molecule has 0 aromatic heterocycles. The Labute approximate surface area is 318 Å². The summed E-state index contributed by atoms with van der Waals surface area (Å²) in [6.45, 7) is 15.8. The second kappa shape index (κ2) is 17.8. The van der Waals surface area contributed by atoms with Crippen LogP contribution in [0.3, 0.4) is 0 Å². The summed E-state index contributed by atoms with van der Waals surface area (Å²) in [7, 11) is 3.96. The summed E-state index contributed by atoms with van der Waals surface area (Å²) in [5.41, 5.74) is -1.75. The minimum absolute atomic E-state index is 0.0342. The van der Waals surface area contributed by atoms with Gasteiger partial charge in [0.2, 0.25) is 10.0 Å². The molecule has 1 N–H and O–H groups in total. The smallest absolute Gasteiger partial charge is 0.319 e. The molecular formula is C39H66N4O9S. The Morgan fingerprint density at radius 1 is 1.00 bits per heavy atom. The molecule has 3 heterocycles. The molecule has 1 aromatic rings. The average Bonchev–Trinajstić information content (AvgIpc) is 3.09. The highest BCUT2D eigenvalue weighted by molar-refractivity contribution is 7.88. The minimum Gasteiger partial charge on any atom is -0.460 e. The third-order valence-electron chi connectivity index (χ3n) is 11.7. The van der Waals surface area contributed by atoms with Crippen molar-refractivity contribution in [2.24, 2.45) is 17.3 Å². The van der Waals surface area contributed by atoms with E-state index >= 15 is 0 Å². The number of aliphatic hydroxyl groups is 1. The Balaban J connectivity index is 1.56. The fourth-order valence-electron chi connectivity index (χ4n) is 8.47. The molecule has 0 aliphatic carbocycles. The summed E-state index contributed by atoms with van der Waals surface area (Å²) in [6, 6.07) is 8.76. The number of benzene rings is 1. The molecule has 3 saturated heterocycles. The van der Waals surface area contributed by atoms with Gasteiger partial charge in [0.05, 0.1) is 29.6 Å². The van der Waals surface area contributed by atoms with E-state index in [1.54, 1.807) is 32.2 Å². The van der Waals surface area contributed by atoms with Gasteiger partial charge in [-0.3, -0.25) is 19.4 Å². The van der Waals surface area contributed by atoms with Gasteiger partial charge in [0, 0.05) is 58.3 Å². The monoisotopic (exact) mass is 766 g/mol. The van der Waals surface area contributed by atoms with Crippen molar-refractivity contribution in [3.05, 3.63) is 35.9 Å². The number of methoxy groups -OCH3 is 1. The molecule has 1 aromatic carbocycles. The lowest BCUT2D eigenvalue weighted by Crippen LogP contribution is -2.59. The normalized spacial score (nSPS) is 36.4.